The summed E-state index contributed by atoms with van der Waals surface area (Å²) in [6, 6.07) is 3.63. The average molecular weight is 538 g/mol. The van der Waals surface area contributed by atoms with E-state index in [9.17, 15) is 23.6 Å². The van der Waals surface area contributed by atoms with Crippen molar-refractivity contribution < 1.29 is 33.0 Å². The van der Waals surface area contributed by atoms with Gasteiger partial charge < -0.3 is 15.2 Å². The van der Waals surface area contributed by atoms with Gasteiger partial charge in [-0.05, 0) is 45.9 Å². The van der Waals surface area contributed by atoms with Gasteiger partial charge in [0.1, 0.15) is 18.0 Å². The van der Waals surface area contributed by atoms with Crippen molar-refractivity contribution in [3.05, 3.63) is 51.2 Å². The molecular formula is C21H26Cl2FN3O6S. The van der Waals surface area contributed by atoms with Crippen LogP contribution in [0.1, 0.15) is 49.5 Å². The third-order valence-electron chi connectivity index (χ3n) is 3.14. The number of benzene rings is 1. The first-order valence-corrected chi connectivity index (χ1v) is 10.7. The number of Topliss-reactive ketones (excluding diaryl/α,β-unsaturated/α-hetero) is 1. The summed E-state index contributed by atoms with van der Waals surface area (Å²) in [7, 11) is 0. The van der Waals surface area contributed by atoms with Crippen molar-refractivity contribution in [2.24, 2.45) is 5.73 Å². The minimum atomic E-state index is -0.973. The van der Waals surface area contributed by atoms with E-state index in [-0.39, 0.29) is 41.6 Å². The van der Waals surface area contributed by atoms with Crippen LogP contribution in [0.25, 0.3) is 0 Å². The number of aromatic nitrogens is 1. The van der Waals surface area contributed by atoms with Gasteiger partial charge in [-0.15, -0.1) is 23.7 Å². The average Bonchev–Trinajstić information content (AvgIpc) is 3.23. The number of esters is 2. The van der Waals surface area contributed by atoms with Crippen molar-refractivity contribution >= 4 is 65.2 Å². The van der Waals surface area contributed by atoms with Crippen molar-refractivity contribution in [3.8, 4) is 0 Å². The molecule has 0 aliphatic rings. The zero-order valence-corrected chi connectivity index (χ0v) is 21.3. The minimum absolute atomic E-state index is 0. The molecule has 1 atom stereocenters. The molecule has 0 saturated carbocycles. The molecule has 9 nitrogen and oxygen atoms in total. The molecule has 1 aromatic heterocycles. The number of hydrogen-bond donors (Lipinski definition) is 2. The number of thiazole rings is 1. The molecule has 0 radical (unpaired) electrons. The molecule has 0 saturated heterocycles. The molecule has 0 spiro atoms. The highest BCUT2D eigenvalue weighted by molar-refractivity contribution is 7.11. The fourth-order valence-electron chi connectivity index (χ4n) is 1.77. The van der Waals surface area contributed by atoms with Crippen LogP contribution in [0.3, 0.4) is 0 Å². The molecule has 0 aliphatic heterocycles. The number of nitrogen functional groups attached to an aromatic ring is 1. The van der Waals surface area contributed by atoms with Gasteiger partial charge in [0.2, 0.25) is 0 Å². The zero-order valence-electron chi connectivity index (χ0n) is 18.9. The van der Waals surface area contributed by atoms with Crippen LogP contribution in [0.5, 0.6) is 0 Å². The Bertz CT molecular complexity index is 958. The second kappa shape index (κ2) is 17.6. The van der Waals surface area contributed by atoms with E-state index in [1.54, 1.807) is 25.4 Å². The lowest BCUT2D eigenvalue weighted by Gasteiger charge is -2.14. The Labute approximate surface area is 211 Å². The van der Waals surface area contributed by atoms with Crippen LogP contribution in [0, 0.1) is 11.2 Å². The largest absolute Gasteiger partial charge is 0.460 e. The monoisotopic (exact) mass is 537 g/mol. The second-order valence-corrected chi connectivity index (χ2v) is 7.83. The van der Waals surface area contributed by atoms with Gasteiger partial charge in [0.15, 0.2) is 23.2 Å². The summed E-state index contributed by atoms with van der Waals surface area (Å²) < 4.78 is 21.8. The number of amidine groups is 1. The number of rotatable bonds is 7. The summed E-state index contributed by atoms with van der Waals surface area (Å²) in [6.45, 7) is 6.07. The molecule has 1 aromatic carbocycles. The number of nitrogens with zero attached hydrogens (tertiary/aromatic N) is 1. The van der Waals surface area contributed by atoms with E-state index in [0.29, 0.717) is 16.9 Å². The van der Waals surface area contributed by atoms with Crippen LogP contribution < -0.4 is 5.73 Å². The Morgan fingerprint density at radius 3 is 2.26 bits per heavy atom. The molecule has 2 rings (SSSR count). The molecule has 0 bridgehead atoms. The van der Waals surface area contributed by atoms with E-state index in [1.807, 2.05) is 0 Å². The first-order chi connectivity index (χ1) is 15.4. The predicted octanol–water partition coefficient (Wildman–Crippen LogP) is 3.99. The Kier molecular flexibility index (Phi) is 17.2. The fourth-order valence-corrected chi connectivity index (χ4v) is 2.48. The second-order valence-electron chi connectivity index (χ2n) is 6.53. The number of nitrogens with two attached hydrogens (primary N) is 1. The van der Waals surface area contributed by atoms with Crippen LogP contribution in [0.4, 0.5) is 4.39 Å². The summed E-state index contributed by atoms with van der Waals surface area (Å²) in [5.41, 5.74) is 5.40. The molecule has 3 N–H and O–H groups in total. The predicted molar refractivity (Wildman–Crippen MR) is 129 cm³/mol. The number of carbonyl (C=O) groups is 4. The van der Waals surface area contributed by atoms with Gasteiger partial charge in [-0.1, -0.05) is 11.6 Å². The normalized spacial score (nSPS) is 10.2. The van der Waals surface area contributed by atoms with Gasteiger partial charge in [-0.3, -0.25) is 19.8 Å². The van der Waals surface area contributed by atoms with E-state index < -0.39 is 23.9 Å². The highest BCUT2D eigenvalue weighted by atomic mass is 35.5. The maximum atomic E-state index is 12.3. The molecule has 2 aromatic rings. The van der Waals surface area contributed by atoms with Crippen LogP contribution in [0.2, 0.25) is 5.02 Å². The highest BCUT2D eigenvalue weighted by Crippen LogP contribution is 2.14. The lowest BCUT2D eigenvalue weighted by atomic mass is 10.2. The molecule has 0 amide bonds. The van der Waals surface area contributed by atoms with Crippen molar-refractivity contribution in [2.45, 2.75) is 46.3 Å². The molecule has 13 heteroatoms. The highest BCUT2D eigenvalue weighted by Gasteiger charge is 2.20. The Hall–Kier alpha value is -2.89. The maximum Gasteiger partial charge on any atom is 0.347 e. The first-order valence-electron chi connectivity index (χ1n) is 9.40. The molecule has 34 heavy (non-hydrogen) atoms. The van der Waals surface area contributed by atoms with Gasteiger partial charge in [0, 0.05) is 17.1 Å². The summed E-state index contributed by atoms with van der Waals surface area (Å²) >= 11 is 6.83. The number of nitrogens with one attached hydrogen (secondary N) is 1. The van der Waals surface area contributed by atoms with Gasteiger partial charge in [-0.2, -0.15) is 0 Å². The van der Waals surface area contributed by atoms with E-state index >= 15 is 0 Å². The first kappa shape index (κ1) is 33.3. The molecular weight excluding hydrogens is 512 g/mol. The fraction of sp³-hybridized carbons (Fsp3) is 0.333. The smallest absolute Gasteiger partial charge is 0.347 e. The van der Waals surface area contributed by atoms with Gasteiger partial charge in [-0.25, -0.2) is 14.2 Å². The van der Waals surface area contributed by atoms with Gasteiger partial charge >= 0.3 is 11.9 Å². The number of ether oxygens (including phenoxy) is 2. The van der Waals surface area contributed by atoms with E-state index in [4.69, 9.17) is 27.5 Å². The van der Waals surface area contributed by atoms with Crippen LogP contribution in [-0.2, 0) is 23.9 Å². The quantitative estimate of drug-likeness (QED) is 0.177. The summed E-state index contributed by atoms with van der Waals surface area (Å²) in [4.78, 5) is 46.7. The van der Waals surface area contributed by atoms with Crippen molar-refractivity contribution in [1.82, 2.24) is 4.98 Å². The lowest BCUT2D eigenvalue weighted by molar-refractivity contribution is -0.169. The van der Waals surface area contributed by atoms with Gasteiger partial charge in [0.25, 0.3) is 0 Å². The SMILES string of the molecule is CC(=O)CC(=O)O[C@@H](C)C(=O)OC(C)C.Cl.N=C(N)c1nccs1.O=Cc1ccc(F)cc1Cl. The standard InChI is InChI=1S/C10H16O5.C7H4ClFO.C4H5N3S.ClH/c1-6(2)14-10(13)8(4)15-9(12)5-7(3)11;8-7-3-6(9)2-1-5(7)4-10;5-3(6)4-7-1-2-8-4;/h6,8H,5H2,1-4H3;1-4H;1-2H,(H3,5,6);1H/t8-;;;/m0.../s1. The molecule has 0 aliphatic carbocycles. The van der Waals surface area contributed by atoms with E-state index in [0.717, 1.165) is 6.07 Å². The number of ketones is 1. The third-order valence-corrected chi connectivity index (χ3v) is 4.27. The summed E-state index contributed by atoms with van der Waals surface area (Å²) in [6.07, 6.45) is 0.661. The Balaban J connectivity index is 0. The van der Waals surface area contributed by atoms with Crippen LogP contribution in [0.15, 0.2) is 29.8 Å². The molecule has 0 fully saturated rings. The van der Waals surface area contributed by atoms with Crippen molar-refractivity contribution in [2.75, 3.05) is 0 Å². The molecule has 0 unspecified atom stereocenters. The Morgan fingerprint density at radius 1 is 1.26 bits per heavy atom. The van der Waals surface area contributed by atoms with Gasteiger partial charge in [0.05, 0.1) is 11.1 Å². The number of aldehydes is 1. The van der Waals surface area contributed by atoms with E-state index in [2.05, 4.69) is 9.72 Å². The third kappa shape index (κ3) is 15.0. The van der Waals surface area contributed by atoms with Crippen LogP contribution >= 0.6 is 35.3 Å². The maximum absolute atomic E-state index is 12.3. The van der Waals surface area contributed by atoms with Crippen molar-refractivity contribution in [3.63, 3.8) is 0 Å². The molecule has 188 valence electrons. The topological polar surface area (TPSA) is 150 Å². The number of carbonyl (C=O) groups excluding carboxylic acids is 4. The van der Waals surface area contributed by atoms with Crippen LogP contribution in [-0.4, -0.2) is 47.0 Å². The zero-order chi connectivity index (χ0) is 25.6. The number of hydrogen-bond acceptors (Lipinski definition) is 9. The molecule has 1 heterocycles. The number of halogens is 3. The summed E-state index contributed by atoms with van der Waals surface area (Å²) in [5, 5.41) is 9.40. The lowest BCUT2D eigenvalue weighted by Crippen LogP contribution is -2.28. The van der Waals surface area contributed by atoms with E-state index in [1.165, 1.54) is 37.3 Å². The Morgan fingerprint density at radius 2 is 1.88 bits per heavy atom. The van der Waals surface area contributed by atoms with Crippen molar-refractivity contribution in [1.29, 1.82) is 5.41 Å². The summed E-state index contributed by atoms with van der Waals surface area (Å²) in [5.74, 6) is -2.02. The minimum Gasteiger partial charge on any atom is -0.460 e.